The van der Waals surface area contributed by atoms with Crippen molar-refractivity contribution in [2.75, 3.05) is 0 Å². The Morgan fingerprint density at radius 2 is 1.47 bits per heavy atom. The van der Waals surface area contributed by atoms with Crippen molar-refractivity contribution in [1.29, 1.82) is 0 Å². The van der Waals surface area contributed by atoms with Gasteiger partial charge < -0.3 is 4.39 Å². The molecule has 0 aromatic heterocycles. The van der Waals surface area contributed by atoms with Crippen LogP contribution in [-0.2, 0) is 0 Å². The molecular weight excluding hydrogens is 198 g/mol. The third-order valence-corrected chi connectivity index (χ3v) is 4.95. The molecule has 0 spiro atoms. The zero-order valence-electron chi connectivity index (χ0n) is 9.84. The molecule has 0 radical (unpaired) electrons. The summed E-state index contributed by atoms with van der Waals surface area (Å²) in [5, 5.41) is 0. The van der Waals surface area contributed by atoms with Crippen LogP contribution < -0.4 is 29.6 Å². The number of halogens is 1. The topological polar surface area (TPSA) is 0 Å². The number of hydrogen-bond acceptors (Lipinski definition) is 0. The van der Waals surface area contributed by atoms with Crippen molar-refractivity contribution in [2.45, 2.75) is 51.4 Å². The summed E-state index contributed by atoms with van der Waals surface area (Å²) in [6.07, 6.45) is 10.6. The van der Waals surface area contributed by atoms with E-state index in [1.54, 1.807) is 0 Å². The van der Waals surface area contributed by atoms with Gasteiger partial charge in [-0.25, -0.2) is 0 Å². The van der Waals surface area contributed by atoms with Gasteiger partial charge in [-0.2, -0.15) is 13.1 Å². The molecule has 4 fully saturated rings. The van der Waals surface area contributed by atoms with Crippen LogP contribution in [0.5, 0.6) is 0 Å². The van der Waals surface area contributed by atoms with E-state index in [4.69, 9.17) is 0 Å². The van der Waals surface area contributed by atoms with Crippen LogP contribution >= 0.6 is 0 Å². The van der Waals surface area contributed by atoms with Crippen molar-refractivity contribution < 1.29 is 33.9 Å². The van der Waals surface area contributed by atoms with Crippen molar-refractivity contribution in [1.82, 2.24) is 0 Å². The van der Waals surface area contributed by atoms with Crippen LogP contribution in [0.15, 0.2) is 0 Å². The van der Waals surface area contributed by atoms with Crippen molar-refractivity contribution in [3.8, 4) is 0 Å². The van der Waals surface area contributed by atoms with Crippen LogP contribution in [0, 0.1) is 29.8 Å². The van der Waals surface area contributed by atoms with Gasteiger partial charge in [0.15, 0.2) is 0 Å². The van der Waals surface area contributed by atoms with Crippen LogP contribution in [0.1, 0.15) is 51.4 Å². The molecule has 0 heterocycles. The first-order valence-corrected chi connectivity index (χ1v) is 6.21. The molecule has 0 nitrogen and oxygen atoms in total. The monoisotopic (exact) mass is 218 g/mol. The quantitative estimate of drug-likeness (QED) is 0.492. The second-order valence-corrected chi connectivity index (χ2v) is 6.11. The van der Waals surface area contributed by atoms with Gasteiger partial charge in [0.1, 0.15) is 0 Å². The van der Waals surface area contributed by atoms with Crippen molar-refractivity contribution in [3.05, 3.63) is 6.67 Å². The Bertz CT molecular complexity index is 191. The first-order chi connectivity index (χ1) is 6.80. The van der Waals surface area contributed by atoms with E-state index in [9.17, 15) is 4.39 Å². The number of hydrogen-bond donors (Lipinski definition) is 0. The Morgan fingerprint density at radius 3 is 1.87 bits per heavy atom. The van der Waals surface area contributed by atoms with Crippen molar-refractivity contribution in [3.63, 3.8) is 0 Å². The molecule has 0 aromatic carbocycles. The Balaban J connectivity index is 0.000000853. The summed E-state index contributed by atoms with van der Waals surface area (Å²) in [7, 11) is 0. The summed E-state index contributed by atoms with van der Waals surface area (Å²) in [5.74, 6) is 3.04. The molecule has 0 saturated heterocycles. The molecule has 4 rings (SSSR count). The Kier molecular flexibility index (Phi) is 3.85. The maximum Gasteiger partial charge on any atom is 1.00 e. The molecule has 0 N–H and O–H groups in total. The zero-order valence-corrected chi connectivity index (χ0v) is 11.8. The van der Waals surface area contributed by atoms with Gasteiger partial charge in [0.25, 0.3) is 0 Å². The van der Waals surface area contributed by atoms with Crippen molar-refractivity contribution >= 4 is 0 Å². The van der Waals surface area contributed by atoms with E-state index in [2.05, 4.69) is 0 Å². The van der Waals surface area contributed by atoms with Gasteiger partial charge in [0, 0.05) is 0 Å². The normalized spacial score (nSPS) is 46.6. The zero-order chi connectivity index (χ0) is 9.60. The molecule has 4 saturated carbocycles. The molecule has 4 aliphatic rings. The largest absolute Gasteiger partial charge is 1.00 e. The maximum absolute atomic E-state index is 12.2. The van der Waals surface area contributed by atoms with E-state index < -0.39 is 0 Å². The smallest absolute Gasteiger partial charge is 0.459 e. The van der Waals surface area contributed by atoms with Crippen LogP contribution in [-0.4, -0.2) is 0 Å². The van der Waals surface area contributed by atoms with E-state index in [0.717, 1.165) is 30.8 Å². The third kappa shape index (κ3) is 2.30. The first kappa shape index (κ1) is 12.4. The van der Waals surface area contributed by atoms with Crippen LogP contribution in [0.3, 0.4) is 0 Å². The van der Waals surface area contributed by atoms with Gasteiger partial charge in [0.05, 0.1) is 0 Å². The summed E-state index contributed by atoms with van der Waals surface area (Å²) in [6.45, 7) is 0.874. The van der Waals surface area contributed by atoms with Gasteiger partial charge >= 0.3 is 29.6 Å². The summed E-state index contributed by atoms with van der Waals surface area (Å²) < 4.78 is 12.2. The third-order valence-electron chi connectivity index (χ3n) is 4.95. The predicted molar refractivity (Wildman–Crippen MR) is 55.2 cm³/mol. The van der Waals surface area contributed by atoms with E-state index in [1.807, 2.05) is 0 Å². The van der Waals surface area contributed by atoms with E-state index in [1.165, 1.54) is 38.5 Å². The van der Waals surface area contributed by atoms with Gasteiger partial charge in [-0.1, -0.05) is 6.42 Å². The second-order valence-electron chi connectivity index (χ2n) is 6.11. The summed E-state index contributed by atoms with van der Waals surface area (Å²) in [5.41, 5.74) is 0.581. The molecule has 0 unspecified atom stereocenters. The van der Waals surface area contributed by atoms with Crippen LogP contribution in [0.4, 0.5) is 4.39 Å². The minimum atomic E-state index is 0. The van der Waals surface area contributed by atoms with E-state index in [-0.39, 0.29) is 29.6 Å². The van der Waals surface area contributed by atoms with Crippen LogP contribution in [0.2, 0.25) is 0 Å². The van der Waals surface area contributed by atoms with E-state index >= 15 is 0 Å². The van der Waals surface area contributed by atoms with Gasteiger partial charge in [-0.05, 0) is 61.7 Å². The fourth-order valence-corrected chi connectivity index (χ4v) is 4.96. The fourth-order valence-electron chi connectivity index (χ4n) is 4.96. The molecule has 0 aromatic rings. The maximum atomic E-state index is 12.2. The molecule has 2 heteroatoms. The molecule has 4 bridgehead atoms. The molecule has 0 atom stereocenters. The summed E-state index contributed by atoms with van der Waals surface area (Å²) in [6, 6.07) is 0. The van der Waals surface area contributed by atoms with E-state index in [0.29, 0.717) is 11.8 Å². The van der Waals surface area contributed by atoms with Crippen molar-refractivity contribution in [2.24, 2.45) is 23.2 Å². The van der Waals surface area contributed by atoms with Gasteiger partial charge in [0.2, 0.25) is 0 Å². The molecule has 0 amide bonds. The average molecular weight is 218 g/mol. The molecule has 15 heavy (non-hydrogen) atoms. The van der Waals surface area contributed by atoms with Gasteiger partial charge in [-0.15, -0.1) is 0 Å². The van der Waals surface area contributed by atoms with Crippen LogP contribution in [0.25, 0.3) is 0 Å². The predicted octanol–water partition coefficient (Wildman–Crippen LogP) is 1.12. The average Bonchev–Trinajstić information content (AvgIpc) is 2.12. The second kappa shape index (κ2) is 4.66. The first-order valence-electron chi connectivity index (χ1n) is 6.21. The summed E-state index contributed by atoms with van der Waals surface area (Å²) >= 11 is 0. The fraction of sp³-hybridized carbons (Fsp3) is 0.923. The van der Waals surface area contributed by atoms with Gasteiger partial charge in [-0.3, -0.25) is 0 Å². The molecule has 0 aliphatic heterocycles. The Morgan fingerprint density at radius 1 is 1.00 bits per heavy atom. The number of rotatable bonds is 3. The summed E-state index contributed by atoms with van der Waals surface area (Å²) in [4.78, 5) is 0. The Hall–Kier alpha value is 0.930. The molecule has 80 valence electrons. The minimum absolute atomic E-state index is 0. The molecular formula is C13H20FNa. The Labute approximate surface area is 115 Å². The standard InChI is InChI=1S/C13H20F.Na/c14-3-1-2-13-7-10-4-11(8-13)6-12(5-10)9-13;/h3,10-12H,1-2,4-9H2;/q-1;+1. The minimum Gasteiger partial charge on any atom is -0.459 e. The SMILES string of the molecule is F[CH-]CCC12CC3CC(CC(C3)C1)C2.[Na+]. The molecule has 4 aliphatic carbocycles.